The normalized spacial score (nSPS) is 26.0. The van der Waals surface area contributed by atoms with Crippen LogP contribution in [0.5, 0.6) is 0 Å². The molecule has 3 heteroatoms. The van der Waals surface area contributed by atoms with Crippen molar-refractivity contribution in [3.8, 4) is 0 Å². The molecular weight excluding hydrogens is 204 g/mol. The van der Waals surface area contributed by atoms with E-state index in [4.69, 9.17) is 0 Å². The van der Waals surface area contributed by atoms with Gasteiger partial charge in [0.25, 0.3) is 0 Å². The van der Waals surface area contributed by atoms with Crippen molar-refractivity contribution >= 4 is 11.3 Å². The van der Waals surface area contributed by atoms with Crippen LogP contribution in [0.2, 0.25) is 0 Å². The summed E-state index contributed by atoms with van der Waals surface area (Å²) in [5.74, 6) is 1.65. The first-order chi connectivity index (χ1) is 7.29. The van der Waals surface area contributed by atoms with Gasteiger partial charge in [0.15, 0.2) is 0 Å². The Hall–Kier alpha value is -0.410. The van der Waals surface area contributed by atoms with Crippen molar-refractivity contribution in [3.63, 3.8) is 0 Å². The molecule has 1 aliphatic carbocycles. The molecule has 2 atom stereocenters. The minimum absolute atomic E-state index is 0.750. The Morgan fingerprint density at radius 3 is 3.07 bits per heavy atom. The van der Waals surface area contributed by atoms with Gasteiger partial charge in [-0.3, -0.25) is 0 Å². The fourth-order valence-corrected chi connectivity index (χ4v) is 3.31. The molecule has 2 nitrogen and oxygen atoms in total. The maximum Gasteiger partial charge on any atom is 0.0959 e. The number of hydrogen-bond acceptors (Lipinski definition) is 3. The molecule has 2 unspecified atom stereocenters. The van der Waals surface area contributed by atoms with E-state index >= 15 is 0 Å². The van der Waals surface area contributed by atoms with E-state index in [0.29, 0.717) is 0 Å². The topological polar surface area (TPSA) is 24.9 Å². The maximum atomic E-state index is 4.56. The van der Waals surface area contributed by atoms with Crippen molar-refractivity contribution in [2.45, 2.75) is 45.6 Å². The molecule has 2 rings (SSSR count). The van der Waals surface area contributed by atoms with Gasteiger partial charge < -0.3 is 5.32 Å². The highest BCUT2D eigenvalue weighted by atomic mass is 32.1. The number of hydrogen-bond donors (Lipinski definition) is 1. The third kappa shape index (κ3) is 2.79. The summed E-state index contributed by atoms with van der Waals surface area (Å²) in [7, 11) is 0. The summed E-state index contributed by atoms with van der Waals surface area (Å²) >= 11 is 1.90. The third-order valence-corrected chi connectivity index (χ3v) is 4.32. The molecule has 0 bridgehead atoms. The Morgan fingerprint density at radius 2 is 2.40 bits per heavy atom. The van der Waals surface area contributed by atoms with Gasteiger partial charge in [0.1, 0.15) is 0 Å². The van der Waals surface area contributed by atoms with Crippen LogP contribution in [0.25, 0.3) is 0 Å². The standard InChI is InChI=1S/C12H20N2S/c1-3-13-7-11-8-14-12(15-11)10-5-4-9(2)6-10/h8-10,13H,3-7H2,1-2H3. The SMILES string of the molecule is CCNCc1cnc(C2CCC(C)C2)s1. The maximum absolute atomic E-state index is 4.56. The van der Waals surface area contributed by atoms with Crippen molar-refractivity contribution in [2.24, 2.45) is 5.92 Å². The van der Waals surface area contributed by atoms with Gasteiger partial charge in [0.2, 0.25) is 0 Å². The van der Waals surface area contributed by atoms with Gasteiger partial charge in [-0.05, 0) is 25.3 Å². The molecule has 0 amide bonds. The van der Waals surface area contributed by atoms with E-state index in [1.54, 1.807) is 0 Å². The Bertz CT molecular complexity index is 308. The van der Waals surface area contributed by atoms with Crippen LogP contribution in [0, 0.1) is 5.92 Å². The molecular formula is C12H20N2S. The van der Waals surface area contributed by atoms with Crippen LogP contribution < -0.4 is 5.32 Å². The monoisotopic (exact) mass is 224 g/mol. The van der Waals surface area contributed by atoms with E-state index in [-0.39, 0.29) is 0 Å². The van der Waals surface area contributed by atoms with E-state index in [0.717, 1.165) is 24.9 Å². The molecule has 0 aromatic carbocycles. The van der Waals surface area contributed by atoms with Crippen LogP contribution in [-0.4, -0.2) is 11.5 Å². The van der Waals surface area contributed by atoms with Gasteiger partial charge in [-0.1, -0.05) is 20.3 Å². The second-order valence-electron chi connectivity index (χ2n) is 4.56. The largest absolute Gasteiger partial charge is 0.312 e. The summed E-state index contributed by atoms with van der Waals surface area (Å²) in [6.07, 6.45) is 6.11. The smallest absolute Gasteiger partial charge is 0.0959 e. The van der Waals surface area contributed by atoms with Gasteiger partial charge in [-0.2, -0.15) is 0 Å². The van der Waals surface area contributed by atoms with Crippen molar-refractivity contribution in [1.29, 1.82) is 0 Å². The van der Waals surface area contributed by atoms with Gasteiger partial charge >= 0.3 is 0 Å². The first-order valence-corrected chi connectivity index (χ1v) is 6.76. The van der Waals surface area contributed by atoms with E-state index in [9.17, 15) is 0 Å². The van der Waals surface area contributed by atoms with Crippen LogP contribution in [0.15, 0.2) is 6.20 Å². The quantitative estimate of drug-likeness (QED) is 0.850. The fourth-order valence-electron chi connectivity index (χ4n) is 2.27. The summed E-state index contributed by atoms with van der Waals surface area (Å²) in [6.45, 7) is 6.51. The predicted molar refractivity (Wildman–Crippen MR) is 65.3 cm³/mol. The van der Waals surface area contributed by atoms with Crippen molar-refractivity contribution < 1.29 is 0 Å². The van der Waals surface area contributed by atoms with Crippen molar-refractivity contribution in [2.75, 3.05) is 6.54 Å². The minimum Gasteiger partial charge on any atom is -0.312 e. The van der Waals surface area contributed by atoms with E-state index in [1.807, 2.05) is 17.5 Å². The van der Waals surface area contributed by atoms with Crippen LogP contribution in [0.3, 0.4) is 0 Å². The first-order valence-electron chi connectivity index (χ1n) is 5.95. The number of thiazole rings is 1. The van der Waals surface area contributed by atoms with Crippen LogP contribution in [0.1, 0.15) is 48.9 Å². The lowest BCUT2D eigenvalue weighted by molar-refractivity contribution is 0.595. The van der Waals surface area contributed by atoms with E-state index in [1.165, 1.54) is 29.1 Å². The predicted octanol–water partition coefficient (Wildman–Crippen LogP) is 3.16. The van der Waals surface area contributed by atoms with Crippen LogP contribution in [-0.2, 0) is 6.54 Å². The summed E-state index contributed by atoms with van der Waals surface area (Å²) in [5.41, 5.74) is 0. The lowest BCUT2D eigenvalue weighted by atomic mass is 10.1. The molecule has 0 aliphatic heterocycles. The molecule has 1 aliphatic rings. The summed E-state index contributed by atoms with van der Waals surface area (Å²) in [6, 6.07) is 0. The highest BCUT2D eigenvalue weighted by molar-refractivity contribution is 7.11. The van der Waals surface area contributed by atoms with E-state index < -0.39 is 0 Å². The number of rotatable bonds is 4. The molecule has 1 aromatic heterocycles. The number of nitrogens with one attached hydrogen (secondary N) is 1. The second-order valence-corrected chi connectivity index (χ2v) is 5.71. The summed E-state index contributed by atoms with van der Waals surface area (Å²) in [5, 5.41) is 4.72. The van der Waals surface area contributed by atoms with Gasteiger partial charge in [-0.25, -0.2) is 4.98 Å². The van der Waals surface area contributed by atoms with Gasteiger partial charge in [0, 0.05) is 23.5 Å². The second kappa shape index (κ2) is 5.08. The first kappa shape index (κ1) is 11.1. The van der Waals surface area contributed by atoms with Crippen LogP contribution in [0.4, 0.5) is 0 Å². The number of aromatic nitrogens is 1. The number of nitrogens with zero attached hydrogens (tertiary/aromatic N) is 1. The molecule has 1 aromatic rings. The Balaban J connectivity index is 1.94. The lowest BCUT2D eigenvalue weighted by Gasteiger charge is -2.04. The fraction of sp³-hybridized carbons (Fsp3) is 0.750. The lowest BCUT2D eigenvalue weighted by Crippen LogP contribution is -2.10. The summed E-state index contributed by atoms with van der Waals surface area (Å²) in [4.78, 5) is 5.94. The van der Waals surface area contributed by atoms with Gasteiger partial charge in [-0.15, -0.1) is 11.3 Å². The summed E-state index contributed by atoms with van der Waals surface area (Å²) < 4.78 is 0. The molecule has 1 fully saturated rings. The molecule has 1 N–H and O–H groups in total. The molecule has 1 saturated carbocycles. The van der Waals surface area contributed by atoms with Crippen molar-refractivity contribution in [3.05, 3.63) is 16.1 Å². The van der Waals surface area contributed by atoms with E-state index in [2.05, 4.69) is 24.1 Å². The average Bonchev–Trinajstić information content (AvgIpc) is 2.83. The molecule has 0 radical (unpaired) electrons. The van der Waals surface area contributed by atoms with Gasteiger partial charge in [0.05, 0.1) is 5.01 Å². The zero-order chi connectivity index (χ0) is 10.7. The Kier molecular flexibility index (Phi) is 3.76. The van der Waals surface area contributed by atoms with Crippen LogP contribution >= 0.6 is 11.3 Å². The Morgan fingerprint density at radius 1 is 1.53 bits per heavy atom. The highest BCUT2D eigenvalue weighted by Gasteiger charge is 2.24. The average molecular weight is 224 g/mol. The molecule has 1 heterocycles. The van der Waals surface area contributed by atoms with Crippen molar-refractivity contribution in [1.82, 2.24) is 10.3 Å². The molecule has 0 spiro atoms. The Labute approximate surface area is 96.1 Å². The molecule has 15 heavy (non-hydrogen) atoms. The molecule has 84 valence electrons. The third-order valence-electron chi connectivity index (χ3n) is 3.16. The minimum atomic E-state index is 0.750. The highest BCUT2D eigenvalue weighted by Crippen LogP contribution is 2.39. The molecule has 0 saturated heterocycles. The zero-order valence-electron chi connectivity index (χ0n) is 9.62. The zero-order valence-corrected chi connectivity index (χ0v) is 10.4.